The fourth-order valence-electron chi connectivity index (χ4n) is 3.38. The molecule has 1 aromatic heterocycles. The predicted molar refractivity (Wildman–Crippen MR) is 91.9 cm³/mol. The van der Waals surface area contributed by atoms with E-state index in [0.29, 0.717) is 0 Å². The number of fused-ring (bicyclic) bond motifs is 1. The van der Waals surface area contributed by atoms with Gasteiger partial charge in [0.25, 0.3) is 0 Å². The first-order chi connectivity index (χ1) is 11.1. The fourth-order valence-corrected chi connectivity index (χ4v) is 3.38. The number of carboxylic acids is 1. The molecule has 1 aromatic carbocycles. The van der Waals surface area contributed by atoms with Crippen LogP contribution in [0.1, 0.15) is 17.5 Å². The standard InChI is InChI=1S/C18H25N3O2/c1-14-4-5-16-15(3-2-8-20-9-6-19-7-10-20)12-21(13-18(22)23)17(16)11-14/h4-5,11-12,19H,2-3,6-10,13H2,1H3,(H,22,23). The second kappa shape index (κ2) is 7.15. The number of benzene rings is 1. The van der Waals surface area contributed by atoms with E-state index in [1.165, 1.54) is 10.9 Å². The van der Waals surface area contributed by atoms with Gasteiger partial charge in [-0.25, -0.2) is 0 Å². The van der Waals surface area contributed by atoms with Crippen LogP contribution in [0.25, 0.3) is 10.9 Å². The third-order valence-corrected chi connectivity index (χ3v) is 4.56. The van der Waals surface area contributed by atoms with Gasteiger partial charge in [0.15, 0.2) is 0 Å². The Bertz CT molecular complexity index is 687. The van der Waals surface area contributed by atoms with Crippen LogP contribution >= 0.6 is 0 Å². The lowest BCUT2D eigenvalue weighted by atomic mass is 10.1. The van der Waals surface area contributed by atoms with E-state index < -0.39 is 5.97 Å². The minimum absolute atomic E-state index is 0.0255. The van der Waals surface area contributed by atoms with Crippen LogP contribution in [0.5, 0.6) is 0 Å². The highest BCUT2D eigenvalue weighted by atomic mass is 16.4. The summed E-state index contributed by atoms with van der Waals surface area (Å²) in [4.78, 5) is 13.6. The Morgan fingerprint density at radius 1 is 1.30 bits per heavy atom. The minimum atomic E-state index is -0.796. The first-order valence-corrected chi connectivity index (χ1v) is 8.37. The van der Waals surface area contributed by atoms with Crippen LogP contribution in [0.3, 0.4) is 0 Å². The van der Waals surface area contributed by atoms with Gasteiger partial charge in [-0.15, -0.1) is 0 Å². The first kappa shape index (κ1) is 16.0. The van der Waals surface area contributed by atoms with Gasteiger partial charge in [0.1, 0.15) is 6.54 Å². The molecule has 23 heavy (non-hydrogen) atoms. The van der Waals surface area contributed by atoms with Crippen LogP contribution in [0.4, 0.5) is 0 Å². The summed E-state index contributed by atoms with van der Waals surface area (Å²) >= 11 is 0. The van der Waals surface area contributed by atoms with Crippen molar-refractivity contribution in [3.05, 3.63) is 35.5 Å². The number of nitrogens with one attached hydrogen (secondary N) is 1. The zero-order chi connectivity index (χ0) is 16.2. The number of piperazine rings is 1. The number of hydrogen-bond donors (Lipinski definition) is 2. The molecular weight excluding hydrogens is 290 g/mol. The molecule has 0 saturated carbocycles. The van der Waals surface area contributed by atoms with Gasteiger partial charge in [0.2, 0.25) is 0 Å². The largest absolute Gasteiger partial charge is 0.480 e. The highest BCUT2D eigenvalue weighted by Gasteiger charge is 2.12. The summed E-state index contributed by atoms with van der Waals surface area (Å²) in [5, 5.41) is 13.7. The van der Waals surface area contributed by atoms with Crippen molar-refractivity contribution in [2.75, 3.05) is 32.7 Å². The number of carboxylic acid groups (broad SMARTS) is 1. The Balaban J connectivity index is 1.73. The van der Waals surface area contributed by atoms with E-state index in [1.807, 2.05) is 17.7 Å². The highest BCUT2D eigenvalue weighted by molar-refractivity contribution is 5.85. The van der Waals surface area contributed by atoms with E-state index in [1.54, 1.807) is 0 Å². The molecule has 0 amide bonds. The average molecular weight is 315 g/mol. The van der Waals surface area contributed by atoms with Crippen LogP contribution in [0, 0.1) is 6.92 Å². The summed E-state index contributed by atoms with van der Waals surface area (Å²) in [6.45, 7) is 7.59. The fraction of sp³-hybridized carbons (Fsp3) is 0.500. The van der Waals surface area contributed by atoms with Crippen molar-refractivity contribution in [2.24, 2.45) is 0 Å². The van der Waals surface area contributed by atoms with E-state index in [9.17, 15) is 4.79 Å². The zero-order valence-corrected chi connectivity index (χ0v) is 13.7. The number of rotatable bonds is 6. The second-order valence-electron chi connectivity index (χ2n) is 6.39. The van der Waals surface area contributed by atoms with Crippen LogP contribution in [0.15, 0.2) is 24.4 Å². The molecule has 5 nitrogen and oxygen atoms in total. The number of hydrogen-bond acceptors (Lipinski definition) is 3. The van der Waals surface area contributed by atoms with E-state index in [-0.39, 0.29) is 6.54 Å². The molecule has 0 spiro atoms. The van der Waals surface area contributed by atoms with Gasteiger partial charge < -0.3 is 19.9 Å². The van der Waals surface area contributed by atoms with Gasteiger partial charge in [-0.2, -0.15) is 0 Å². The van der Waals surface area contributed by atoms with Crippen molar-refractivity contribution >= 4 is 16.9 Å². The van der Waals surface area contributed by atoms with Gasteiger partial charge in [0, 0.05) is 43.3 Å². The SMILES string of the molecule is Cc1ccc2c(CCCN3CCNCC3)cn(CC(=O)O)c2c1. The summed E-state index contributed by atoms with van der Waals surface area (Å²) < 4.78 is 1.87. The van der Waals surface area contributed by atoms with Gasteiger partial charge in [0.05, 0.1) is 0 Å². The number of nitrogens with zero attached hydrogens (tertiary/aromatic N) is 2. The van der Waals surface area contributed by atoms with Gasteiger partial charge in [-0.1, -0.05) is 12.1 Å². The molecular formula is C18H25N3O2. The van der Waals surface area contributed by atoms with Crippen molar-refractivity contribution in [3.63, 3.8) is 0 Å². The quantitative estimate of drug-likeness (QED) is 0.854. The van der Waals surface area contributed by atoms with Crippen molar-refractivity contribution in [1.29, 1.82) is 0 Å². The van der Waals surface area contributed by atoms with Crippen molar-refractivity contribution in [2.45, 2.75) is 26.3 Å². The lowest BCUT2D eigenvalue weighted by Crippen LogP contribution is -2.43. The molecule has 0 bridgehead atoms. The number of aromatic nitrogens is 1. The maximum Gasteiger partial charge on any atom is 0.323 e. The Hall–Kier alpha value is -1.85. The Kier molecular flexibility index (Phi) is 4.98. The topological polar surface area (TPSA) is 57.5 Å². The molecule has 0 radical (unpaired) electrons. The Morgan fingerprint density at radius 2 is 2.09 bits per heavy atom. The minimum Gasteiger partial charge on any atom is -0.480 e. The lowest BCUT2D eigenvalue weighted by Gasteiger charge is -2.26. The van der Waals surface area contributed by atoms with Crippen LogP contribution in [-0.2, 0) is 17.8 Å². The molecule has 1 saturated heterocycles. The van der Waals surface area contributed by atoms with E-state index >= 15 is 0 Å². The smallest absolute Gasteiger partial charge is 0.323 e. The van der Waals surface area contributed by atoms with Crippen LogP contribution in [0.2, 0.25) is 0 Å². The van der Waals surface area contributed by atoms with Crippen molar-refractivity contribution in [3.8, 4) is 0 Å². The molecule has 3 rings (SSSR count). The van der Waals surface area contributed by atoms with Gasteiger partial charge in [-0.3, -0.25) is 4.79 Å². The summed E-state index contributed by atoms with van der Waals surface area (Å²) in [6, 6.07) is 6.31. The van der Waals surface area contributed by atoms with E-state index in [0.717, 1.165) is 56.6 Å². The monoisotopic (exact) mass is 315 g/mol. The molecule has 2 N–H and O–H groups in total. The number of aryl methyl sites for hydroxylation is 2. The summed E-state index contributed by atoms with van der Waals surface area (Å²) in [6.07, 6.45) is 4.13. The Morgan fingerprint density at radius 3 is 2.83 bits per heavy atom. The van der Waals surface area contributed by atoms with Crippen LogP contribution < -0.4 is 5.32 Å². The molecule has 124 valence electrons. The van der Waals surface area contributed by atoms with Crippen molar-refractivity contribution < 1.29 is 9.90 Å². The summed E-state index contributed by atoms with van der Waals surface area (Å²) in [7, 11) is 0. The van der Waals surface area contributed by atoms with E-state index in [4.69, 9.17) is 5.11 Å². The first-order valence-electron chi connectivity index (χ1n) is 8.37. The summed E-state index contributed by atoms with van der Waals surface area (Å²) in [5.41, 5.74) is 3.45. The molecule has 0 atom stereocenters. The zero-order valence-electron chi connectivity index (χ0n) is 13.7. The maximum atomic E-state index is 11.1. The number of carbonyl (C=O) groups is 1. The molecule has 5 heteroatoms. The van der Waals surface area contributed by atoms with E-state index in [2.05, 4.69) is 28.4 Å². The normalized spacial score (nSPS) is 16.0. The lowest BCUT2D eigenvalue weighted by molar-refractivity contribution is -0.137. The molecule has 1 aliphatic rings. The third kappa shape index (κ3) is 3.92. The van der Waals surface area contributed by atoms with Gasteiger partial charge in [-0.05, 0) is 43.5 Å². The molecule has 0 aliphatic carbocycles. The van der Waals surface area contributed by atoms with Crippen LogP contribution in [-0.4, -0.2) is 53.3 Å². The molecule has 2 aromatic rings. The summed E-state index contributed by atoms with van der Waals surface area (Å²) in [5.74, 6) is -0.796. The molecule has 1 aliphatic heterocycles. The second-order valence-corrected chi connectivity index (χ2v) is 6.39. The predicted octanol–water partition coefficient (Wildman–Crippen LogP) is 1.87. The van der Waals surface area contributed by atoms with Crippen molar-refractivity contribution in [1.82, 2.24) is 14.8 Å². The molecule has 1 fully saturated rings. The average Bonchev–Trinajstić information content (AvgIpc) is 2.85. The maximum absolute atomic E-state index is 11.1. The Labute approximate surface area is 136 Å². The third-order valence-electron chi connectivity index (χ3n) is 4.56. The van der Waals surface area contributed by atoms with Gasteiger partial charge >= 0.3 is 5.97 Å². The molecule has 2 heterocycles. The molecule has 0 unspecified atom stereocenters. The highest BCUT2D eigenvalue weighted by Crippen LogP contribution is 2.24. The number of aliphatic carboxylic acids is 1.